The van der Waals surface area contributed by atoms with Crippen LogP contribution in [0.5, 0.6) is 0 Å². The number of aryl methyl sites for hydroxylation is 1. The molecule has 2 atom stereocenters. The first-order valence-corrected chi connectivity index (χ1v) is 13.0. The largest absolute Gasteiger partial charge is 0.353 e. The van der Waals surface area contributed by atoms with E-state index in [1.165, 1.54) is 12.1 Å². The van der Waals surface area contributed by atoms with E-state index in [0.29, 0.717) is 11.3 Å². The van der Waals surface area contributed by atoms with Gasteiger partial charge < -0.3 is 9.88 Å². The molecule has 1 fully saturated rings. The number of imidazole rings is 1. The summed E-state index contributed by atoms with van der Waals surface area (Å²) in [6.45, 7) is 0. The predicted octanol–water partition coefficient (Wildman–Crippen LogP) is 3.99. The van der Waals surface area contributed by atoms with E-state index in [2.05, 4.69) is 20.3 Å². The second kappa shape index (κ2) is 8.84. The van der Waals surface area contributed by atoms with Crippen molar-refractivity contribution >= 4 is 38.4 Å². The molecule has 1 aliphatic heterocycles. The molecule has 188 valence electrons. The lowest BCUT2D eigenvalue weighted by Crippen LogP contribution is -2.12. The highest BCUT2D eigenvalue weighted by Gasteiger charge is 2.43. The number of fused-ring (bicyclic) bond motifs is 1. The first-order valence-electron chi connectivity index (χ1n) is 11.1. The van der Waals surface area contributed by atoms with Gasteiger partial charge in [-0.25, -0.2) is 31.6 Å². The van der Waals surface area contributed by atoms with Gasteiger partial charge in [0.1, 0.15) is 17.6 Å². The lowest BCUT2D eigenvalue weighted by atomic mass is 10.1. The predicted molar refractivity (Wildman–Crippen MR) is 128 cm³/mol. The number of sulfone groups is 1. The third kappa shape index (κ3) is 4.64. The van der Waals surface area contributed by atoms with Gasteiger partial charge >= 0.3 is 0 Å². The maximum absolute atomic E-state index is 13.4. The number of Topliss-reactive ketones (excluding diaryl/α,β-unsaturated/α-hetero) is 1. The average molecular weight is 518 g/mol. The van der Waals surface area contributed by atoms with Gasteiger partial charge in [0, 0.05) is 31.7 Å². The molecule has 1 saturated carbocycles. The van der Waals surface area contributed by atoms with Crippen LogP contribution in [0.3, 0.4) is 0 Å². The molecular weight excluding hydrogens is 495 g/mol. The fourth-order valence-corrected chi connectivity index (χ4v) is 5.10. The molecule has 8 nitrogen and oxygen atoms in total. The van der Waals surface area contributed by atoms with Gasteiger partial charge in [0.15, 0.2) is 9.84 Å². The second-order valence-corrected chi connectivity index (χ2v) is 11.0. The van der Waals surface area contributed by atoms with Gasteiger partial charge in [-0.15, -0.1) is 0 Å². The van der Waals surface area contributed by atoms with Crippen LogP contribution in [0.2, 0.25) is 0 Å². The molecule has 0 bridgehead atoms. The van der Waals surface area contributed by atoms with Crippen molar-refractivity contribution in [3.05, 3.63) is 48.2 Å². The van der Waals surface area contributed by atoms with Crippen LogP contribution in [-0.2, 0) is 34.5 Å². The van der Waals surface area contributed by atoms with Crippen molar-refractivity contribution in [1.82, 2.24) is 14.5 Å². The second-order valence-electron chi connectivity index (χ2n) is 9.04. The van der Waals surface area contributed by atoms with Crippen LogP contribution in [0.25, 0.3) is 11.3 Å². The molecule has 1 N–H and O–H groups in total. The number of carbonyl (C=O) groups excluding carboxylic acids is 1. The van der Waals surface area contributed by atoms with Crippen molar-refractivity contribution in [3.63, 3.8) is 0 Å². The summed E-state index contributed by atoms with van der Waals surface area (Å²) in [6.07, 6.45) is 0.138. The number of nitrogens with one attached hydrogen (secondary N) is 1. The zero-order valence-electron chi connectivity index (χ0n) is 19.4. The summed E-state index contributed by atoms with van der Waals surface area (Å²) in [5.41, 5.74) is 2.09. The molecule has 3 aromatic rings. The minimum atomic E-state index is -3.72. The molecule has 3 heterocycles. The molecule has 0 unspecified atom stereocenters. The first-order chi connectivity index (χ1) is 17.0. The van der Waals surface area contributed by atoms with E-state index in [9.17, 15) is 26.4 Å². The standard InChI is InChI=1S/C24H22F3N5O3S/c1-32-11-28-10-20(32)12-3-4-16(22(5-12)36(2,34)35)30-17-6-13(7-21(33)14-8-15(14)25)29-18-9-19(24(26)27)31-23(17)18/h3-6,10-11,14-15,24H,7-9H2,1-2H3,(H,29,30)/t14-,15+/m1/s1. The number of aliphatic imine (C=N–C) groups is 1. The number of hydrogen-bond acceptors (Lipinski definition) is 7. The zero-order chi connectivity index (χ0) is 25.8. The minimum absolute atomic E-state index is 0.0151. The summed E-state index contributed by atoms with van der Waals surface area (Å²) in [6, 6.07) is 6.26. The maximum atomic E-state index is 13.4. The van der Waals surface area contributed by atoms with Gasteiger partial charge in [0.25, 0.3) is 6.43 Å². The zero-order valence-corrected chi connectivity index (χ0v) is 20.2. The number of aromatic nitrogens is 3. The fraction of sp³-hybridized carbons (Fsp3) is 0.333. The summed E-state index contributed by atoms with van der Waals surface area (Å²) in [5, 5.41) is 3.01. The molecule has 1 aromatic carbocycles. The molecule has 0 amide bonds. The summed E-state index contributed by atoms with van der Waals surface area (Å²) >= 11 is 0. The van der Waals surface area contributed by atoms with Gasteiger partial charge in [0.2, 0.25) is 0 Å². The van der Waals surface area contributed by atoms with Crippen molar-refractivity contribution in [2.75, 3.05) is 11.6 Å². The maximum Gasteiger partial charge on any atom is 0.277 e. The summed E-state index contributed by atoms with van der Waals surface area (Å²) in [7, 11) is -1.94. The quantitative estimate of drug-likeness (QED) is 0.484. The number of pyridine rings is 1. The van der Waals surface area contributed by atoms with E-state index >= 15 is 0 Å². The van der Waals surface area contributed by atoms with Crippen LogP contribution < -0.4 is 5.32 Å². The molecule has 36 heavy (non-hydrogen) atoms. The Morgan fingerprint density at radius 2 is 2.00 bits per heavy atom. The molecule has 0 spiro atoms. The topological polar surface area (TPSA) is 106 Å². The Hall–Kier alpha value is -3.54. The number of hydrogen-bond donors (Lipinski definition) is 1. The van der Waals surface area contributed by atoms with Crippen molar-refractivity contribution in [2.24, 2.45) is 18.0 Å². The van der Waals surface area contributed by atoms with Gasteiger partial charge in [-0.2, -0.15) is 0 Å². The van der Waals surface area contributed by atoms with Crippen LogP contribution >= 0.6 is 0 Å². The Morgan fingerprint density at radius 3 is 2.61 bits per heavy atom. The van der Waals surface area contributed by atoms with E-state index in [-0.39, 0.29) is 64.1 Å². The Labute approximate surface area is 205 Å². The smallest absolute Gasteiger partial charge is 0.277 e. The Balaban J connectivity index is 1.56. The Kier molecular flexibility index (Phi) is 5.93. The SMILES string of the molecule is Cn1cncc1-c1ccc(Nc2cc(CC(=O)[C@@H]3C[C@@H]3F)nc3c2N=C(C(F)F)C3)c(S(C)(=O)=O)c1. The molecule has 12 heteroatoms. The molecule has 1 aliphatic carbocycles. The van der Waals surface area contributed by atoms with Crippen LogP contribution in [-0.4, -0.2) is 53.3 Å². The Morgan fingerprint density at radius 1 is 1.25 bits per heavy atom. The normalized spacial score (nSPS) is 18.8. The number of nitrogens with zero attached hydrogens (tertiary/aromatic N) is 4. The van der Waals surface area contributed by atoms with E-state index in [1.54, 1.807) is 36.3 Å². The highest BCUT2D eigenvalue weighted by molar-refractivity contribution is 7.90. The number of carbonyl (C=O) groups is 1. The Bertz CT molecular complexity index is 1520. The van der Waals surface area contributed by atoms with Crippen molar-refractivity contribution in [1.29, 1.82) is 0 Å². The van der Waals surface area contributed by atoms with E-state index in [4.69, 9.17) is 0 Å². The van der Waals surface area contributed by atoms with Crippen LogP contribution in [0, 0.1) is 5.92 Å². The summed E-state index contributed by atoms with van der Waals surface area (Å²) in [4.78, 5) is 24.8. The molecule has 2 aliphatic rings. The van der Waals surface area contributed by atoms with Gasteiger partial charge in [-0.1, -0.05) is 6.07 Å². The number of benzene rings is 1. The van der Waals surface area contributed by atoms with Gasteiger partial charge in [-0.3, -0.25) is 9.78 Å². The van der Waals surface area contributed by atoms with E-state index in [0.717, 1.165) is 6.26 Å². The number of halogens is 3. The molecule has 0 radical (unpaired) electrons. The van der Waals surface area contributed by atoms with Crippen LogP contribution in [0.15, 0.2) is 46.7 Å². The van der Waals surface area contributed by atoms with E-state index < -0.39 is 28.4 Å². The van der Waals surface area contributed by atoms with E-state index in [1.807, 2.05) is 0 Å². The van der Waals surface area contributed by atoms with Gasteiger partial charge in [0.05, 0.1) is 57.5 Å². The van der Waals surface area contributed by atoms with Crippen molar-refractivity contribution in [2.45, 2.75) is 36.8 Å². The number of anilines is 2. The van der Waals surface area contributed by atoms with Crippen molar-refractivity contribution in [3.8, 4) is 11.3 Å². The lowest BCUT2D eigenvalue weighted by Gasteiger charge is -2.16. The summed E-state index contributed by atoms with van der Waals surface area (Å²) in [5.74, 6) is -0.980. The fourth-order valence-electron chi connectivity index (χ4n) is 4.24. The number of rotatable bonds is 8. The average Bonchev–Trinajstić information content (AvgIpc) is 3.16. The first kappa shape index (κ1) is 24.2. The van der Waals surface area contributed by atoms with Crippen LogP contribution in [0.1, 0.15) is 17.8 Å². The third-order valence-electron chi connectivity index (χ3n) is 6.22. The minimum Gasteiger partial charge on any atom is -0.353 e. The van der Waals surface area contributed by atoms with Crippen molar-refractivity contribution < 1.29 is 26.4 Å². The highest BCUT2D eigenvalue weighted by Crippen LogP contribution is 2.40. The molecular formula is C24H22F3N5O3S. The molecule has 0 saturated heterocycles. The number of alkyl halides is 3. The van der Waals surface area contributed by atoms with Gasteiger partial charge in [-0.05, 0) is 24.6 Å². The lowest BCUT2D eigenvalue weighted by molar-refractivity contribution is -0.120. The molecule has 5 rings (SSSR count). The van der Waals surface area contributed by atoms with Crippen LogP contribution in [0.4, 0.5) is 30.2 Å². The third-order valence-corrected chi connectivity index (χ3v) is 7.35. The number of ketones is 1. The monoisotopic (exact) mass is 517 g/mol. The summed E-state index contributed by atoms with van der Waals surface area (Å²) < 4.78 is 67.2. The molecule has 2 aromatic heterocycles. The highest BCUT2D eigenvalue weighted by atomic mass is 32.2.